The Morgan fingerprint density at radius 3 is 2.81 bits per heavy atom. The second kappa shape index (κ2) is 6.31. The maximum absolute atomic E-state index is 12.6. The second-order valence-corrected chi connectivity index (χ2v) is 5.57. The number of nitrogens with one attached hydrogen (secondary N) is 1. The summed E-state index contributed by atoms with van der Waals surface area (Å²) in [5.41, 5.74) is 2.91. The average Bonchev–Trinajstić information content (AvgIpc) is 2.54. The minimum Gasteiger partial charge on any atom is -0.493 e. The van der Waals surface area contributed by atoms with E-state index < -0.39 is 0 Å². The third kappa shape index (κ3) is 2.95. The van der Waals surface area contributed by atoms with Gasteiger partial charge in [-0.05, 0) is 24.1 Å². The van der Waals surface area contributed by atoms with Gasteiger partial charge in [0.2, 0.25) is 5.91 Å². The molecule has 0 aromatic heterocycles. The molecule has 1 unspecified atom stereocenters. The lowest BCUT2D eigenvalue weighted by Crippen LogP contribution is -2.26. The van der Waals surface area contributed by atoms with E-state index in [1.165, 1.54) is 0 Å². The Morgan fingerprint density at radius 2 is 1.95 bits per heavy atom. The molecule has 0 radical (unpaired) electrons. The van der Waals surface area contributed by atoms with Crippen molar-refractivity contribution in [2.45, 2.75) is 17.7 Å². The SMILES string of the molecule is O=C(Nc1ccccc1CBr)C1CCOc2ccccc21. The molecule has 3 rings (SSSR count). The van der Waals surface area contributed by atoms with Crippen LogP contribution in [0, 0.1) is 0 Å². The van der Waals surface area contributed by atoms with Crippen LogP contribution < -0.4 is 10.1 Å². The Balaban J connectivity index is 1.84. The van der Waals surface area contributed by atoms with E-state index in [0.717, 1.165) is 22.6 Å². The van der Waals surface area contributed by atoms with Crippen molar-refractivity contribution in [1.82, 2.24) is 0 Å². The van der Waals surface area contributed by atoms with Gasteiger partial charge in [0.25, 0.3) is 0 Å². The summed E-state index contributed by atoms with van der Waals surface area (Å²) in [6, 6.07) is 15.6. The van der Waals surface area contributed by atoms with Gasteiger partial charge in [0.1, 0.15) is 5.75 Å². The Morgan fingerprint density at radius 1 is 1.19 bits per heavy atom. The molecule has 0 bridgehead atoms. The van der Waals surface area contributed by atoms with Gasteiger partial charge in [-0.15, -0.1) is 0 Å². The number of anilines is 1. The molecular weight excluding hydrogens is 330 g/mol. The summed E-state index contributed by atoms with van der Waals surface area (Å²) in [4.78, 5) is 12.6. The molecule has 1 atom stereocenters. The molecule has 2 aromatic rings. The maximum atomic E-state index is 12.6. The number of benzene rings is 2. The van der Waals surface area contributed by atoms with Gasteiger partial charge in [-0.25, -0.2) is 0 Å². The van der Waals surface area contributed by atoms with Crippen LogP contribution >= 0.6 is 15.9 Å². The largest absolute Gasteiger partial charge is 0.493 e. The Bertz CT molecular complexity index is 657. The number of ether oxygens (including phenoxy) is 1. The van der Waals surface area contributed by atoms with E-state index >= 15 is 0 Å². The Labute approximate surface area is 132 Å². The zero-order chi connectivity index (χ0) is 14.7. The summed E-state index contributed by atoms with van der Waals surface area (Å²) in [6.07, 6.45) is 0.708. The van der Waals surface area contributed by atoms with E-state index in [-0.39, 0.29) is 11.8 Å². The fourth-order valence-electron chi connectivity index (χ4n) is 2.59. The quantitative estimate of drug-likeness (QED) is 0.851. The van der Waals surface area contributed by atoms with E-state index in [2.05, 4.69) is 21.2 Å². The number of carbonyl (C=O) groups excluding carboxylic acids is 1. The third-order valence-electron chi connectivity index (χ3n) is 3.69. The van der Waals surface area contributed by atoms with Crippen molar-refractivity contribution < 1.29 is 9.53 Å². The molecule has 108 valence electrons. The maximum Gasteiger partial charge on any atom is 0.232 e. The van der Waals surface area contributed by atoms with Gasteiger partial charge in [-0.2, -0.15) is 0 Å². The standard InChI is InChI=1S/C17H16BrNO2/c18-11-12-5-1-3-7-15(12)19-17(20)14-9-10-21-16-8-4-2-6-13(14)16/h1-8,14H,9-11H2,(H,19,20). The van der Waals surface area contributed by atoms with Crippen LogP contribution in [0.15, 0.2) is 48.5 Å². The van der Waals surface area contributed by atoms with Gasteiger partial charge >= 0.3 is 0 Å². The minimum absolute atomic E-state index is 0.0270. The second-order valence-electron chi connectivity index (χ2n) is 5.01. The van der Waals surface area contributed by atoms with Crippen LogP contribution in [0.3, 0.4) is 0 Å². The van der Waals surface area contributed by atoms with Crippen molar-refractivity contribution in [2.75, 3.05) is 11.9 Å². The molecule has 3 nitrogen and oxygen atoms in total. The van der Waals surface area contributed by atoms with Gasteiger partial charge in [-0.3, -0.25) is 4.79 Å². The van der Waals surface area contributed by atoms with Gasteiger partial charge in [0.15, 0.2) is 0 Å². The molecule has 1 N–H and O–H groups in total. The van der Waals surface area contributed by atoms with Crippen molar-refractivity contribution >= 4 is 27.5 Å². The molecule has 4 heteroatoms. The van der Waals surface area contributed by atoms with Crippen molar-refractivity contribution in [3.63, 3.8) is 0 Å². The molecule has 1 aliphatic rings. The van der Waals surface area contributed by atoms with Gasteiger partial charge < -0.3 is 10.1 Å². The predicted molar refractivity (Wildman–Crippen MR) is 87.0 cm³/mol. The van der Waals surface area contributed by atoms with Crippen molar-refractivity contribution in [3.8, 4) is 5.75 Å². The zero-order valence-electron chi connectivity index (χ0n) is 11.5. The number of alkyl halides is 1. The van der Waals surface area contributed by atoms with Crippen LogP contribution in [0.5, 0.6) is 5.75 Å². The van der Waals surface area contributed by atoms with Crippen LogP contribution in [0.1, 0.15) is 23.5 Å². The number of hydrogen-bond acceptors (Lipinski definition) is 2. The summed E-state index contributed by atoms with van der Waals surface area (Å²) in [7, 11) is 0. The number of fused-ring (bicyclic) bond motifs is 1. The first-order valence-electron chi connectivity index (χ1n) is 6.96. The number of para-hydroxylation sites is 2. The Hall–Kier alpha value is -1.81. The average molecular weight is 346 g/mol. The van der Waals surface area contributed by atoms with Crippen LogP contribution in [0.2, 0.25) is 0 Å². The molecule has 21 heavy (non-hydrogen) atoms. The highest BCUT2D eigenvalue weighted by Gasteiger charge is 2.27. The third-order valence-corrected chi connectivity index (χ3v) is 4.30. The summed E-state index contributed by atoms with van der Waals surface area (Å²) in [5, 5.41) is 3.76. The summed E-state index contributed by atoms with van der Waals surface area (Å²) in [6.45, 7) is 0.579. The molecule has 1 aliphatic heterocycles. The lowest BCUT2D eigenvalue weighted by Gasteiger charge is -2.25. The van der Waals surface area contributed by atoms with Crippen LogP contribution in [0.4, 0.5) is 5.69 Å². The van der Waals surface area contributed by atoms with Gasteiger partial charge in [0, 0.05) is 16.6 Å². The topological polar surface area (TPSA) is 38.3 Å². The van der Waals surface area contributed by atoms with E-state index in [4.69, 9.17) is 4.74 Å². The van der Waals surface area contributed by atoms with Gasteiger partial charge in [-0.1, -0.05) is 52.3 Å². The summed E-state index contributed by atoms with van der Waals surface area (Å²) < 4.78 is 5.61. The van der Waals surface area contributed by atoms with Crippen molar-refractivity contribution in [3.05, 3.63) is 59.7 Å². The fourth-order valence-corrected chi connectivity index (χ4v) is 3.08. The van der Waals surface area contributed by atoms with E-state index in [1.54, 1.807) is 0 Å². The molecule has 1 amide bonds. The summed E-state index contributed by atoms with van der Waals surface area (Å²) in [5.74, 6) is 0.690. The number of carbonyl (C=O) groups is 1. The van der Waals surface area contributed by atoms with Gasteiger partial charge in [0.05, 0.1) is 12.5 Å². The molecule has 0 fully saturated rings. The number of amides is 1. The van der Waals surface area contributed by atoms with Crippen molar-refractivity contribution in [2.24, 2.45) is 0 Å². The molecule has 0 aliphatic carbocycles. The number of rotatable bonds is 3. The first-order chi connectivity index (χ1) is 10.3. The van der Waals surface area contributed by atoms with Crippen LogP contribution in [-0.4, -0.2) is 12.5 Å². The molecule has 0 saturated carbocycles. The summed E-state index contributed by atoms with van der Waals surface area (Å²) >= 11 is 3.45. The minimum atomic E-state index is -0.154. The van der Waals surface area contributed by atoms with Crippen LogP contribution in [0.25, 0.3) is 0 Å². The van der Waals surface area contributed by atoms with Crippen molar-refractivity contribution in [1.29, 1.82) is 0 Å². The fraction of sp³-hybridized carbons (Fsp3) is 0.235. The molecule has 0 saturated heterocycles. The highest BCUT2D eigenvalue weighted by atomic mass is 79.9. The zero-order valence-corrected chi connectivity index (χ0v) is 13.1. The number of halogens is 1. The monoisotopic (exact) mass is 345 g/mol. The molecule has 1 heterocycles. The first-order valence-corrected chi connectivity index (χ1v) is 8.08. The highest BCUT2D eigenvalue weighted by molar-refractivity contribution is 9.08. The highest BCUT2D eigenvalue weighted by Crippen LogP contribution is 2.34. The smallest absolute Gasteiger partial charge is 0.232 e. The number of hydrogen-bond donors (Lipinski definition) is 1. The normalized spacial score (nSPS) is 16.7. The lowest BCUT2D eigenvalue weighted by molar-refractivity contribution is -0.118. The predicted octanol–water partition coefficient (Wildman–Crippen LogP) is 4.09. The van der Waals surface area contributed by atoms with Crippen LogP contribution in [-0.2, 0) is 10.1 Å². The molecule has 0 spiro atoms. The molecule has 2 aromatic carbocycles. The first kappa shape index (κ1) is 14.1. The van der Waals surface area contributed by atoms with E-state index in [1.807, 2.05) is 48.5 Å². The van der Waals surface area contributed by atoms with E-state index in [0.29, 0.717) is 18.4 Å². The Kier molecular flexibility index (Phi) is 4.25. The van der Waals surface area contributed by atoms with E-state index in [9.17, 15) is 4.79 Å². The lowest BCUT2D eigenvalue weighted by atomic mass is 9.92. The molecular formula is C17H16BrNO2.